The van der Waals surface area contributed by atoms with Crippen LogP contribution < -0.4 is 15.2 Å². The monoisotopic (exact) mass is 414 g/mol. The Labute approximate surface area is 171 Å². The fraction of sp³-hybridized carbons (Fsp3) is 0.0952. The first kappa shape index (κ1) is 20.2. The summed E-state index contributed by atoms with van der Waals surface area (Å²) in [5, 5.41) is 18.9. The van der Waals surface area contributed by atoms with Crippen molar-refractivity contribution < 1.29 is 24.1 Å². The summed E-state index contributed by atoms with van der Waals surface area (Å²) in [6.07, 6.45) is 0. The molecule has 0 amide bonds. The first-order chi connectivity index (χ1) is 13.9. The van der Waals surface area contributed by atoms with Crippen LogP contribution >= 0.6 is 11.6 Å². The third-order valence-electron chi connectivity index (χ3n) is 4.01. The van der Waals surface area contributed by atoms with Crippen molar-refractivity contribution in [2.75, 3.05) is 20.0 Å². The number of nitrogens with zero attached hydrogens (tertiary/aromatic N) is 1. The Balaban J connectivity index is 0.000000188. The first-order valence-electron chi connectivity index (χ1n) is 8.47. The predicted octanol–water partition coefficient (Wildman–Crippen LogP) is 4.85. The van der Waals surface area contributed by atoms with Crippen LogP contribution in [0.4, 0.5) is 5.69 Å². The van der Waals surface area contributed by atoms with Crippen molar-refractivity contribution in [2.24, 2.45) is 0 Å². The Morgan fingerprint density at radius 1 is 0.966 bits per heavy atom. The van der Waals surface area contributed by atoms with Gasteiger partial charge < -0.3 is 29.8 Å². The van der Waals surface area contributed by atoms with E-state index in [9.17, 15) is 10.2 Å². The number of phenols is 2. The van der Waals surface area contributed by atoms with Gasteiger partial charge in [-0.1, -0.05) is 11.6 Å². The Kier molecular flexibility index (Phi) is 5.99. The van der Waals surface area contributed by atoms with Gasteiger partial charge in [0.1, 0.15) is 28.5 Å². The Bertz CT molecular complexity index is 1140. The molecule has 1 aromatic heterocycles. The van der Waals surface area contributed by atoms with Gasteiger partial charge in [0, 0.05) is 17.7 Å². The van der Waals surface area contributed by atoms with Crippen LogP contribution in [0.25, 0.3) is 22.6 Å². The molecule has 0 spiro atoms. The summed E-state index contributed by atoms with van der Waals surface area (Å²) >= 11 is 5.83. The third-order valence-corrected chi connectivity index (χ3v) is 4.31. The molecule has 0 aliphatic carbocycles. The molecule has 0 bridgehead atoms. The van der Waals surface area contributed by atoms with E-state index < -0.39 is 0 Å². The highest BCUT2D eigenvalue weighted by atomic mass is 35.5. The van der Waals surface area contributed by atoms with E-state index in [1.165, 1.54) is 12.1 Å². The van der Waals surface area contributed by atoms with E-state index in [4.69, 9.17) is 31.2 Å². The molecule has 0 fully saturated rings. The van der Waals surface area contributed by atoms with Crippen molar-refractivity contribution in [3.63, 3.8) is 0 Å². The van der Waals surface area contributed by atoms with Crippen LogP contribution in [-0.2, 0) is 0 Å². The molecule has 0 saturated heterocycles. The number of halogens is 1. The van der Waals surface area contributed by atoms with E-state index in [-0.39, 0.29) is 16.5 Å². The number of fused-ring (bicyclic) bond motifs is 1. The lowest BCUT2D eigenvalue weighted by atomic mass is 10.2. The molecule has 150 valence electrons. The highest BCUT2D eigenvalue weighted by molar-refractivity contribution is 6.32. The topological polar surface area (TPSA) is 111 Å². The number of nitrogen functional groups attached to an aromatic ring is 1. The number of hydrogen-bond acceptors (Lipinski definition) is 7. The van der Waals surface area contributed by atoms with E-state index in [0.29, 0.717) is 34.0 Å². The van der Waals surface area contributed by atoms with Crippen LogP contribution in [0.15, 0.2) is 59.0 Å². The highest BCUT2D eigenvalue weighted by Gasteiger charge is 2.10. The van der Waals surface area contributed by atoms with Crippen molar-refractivity contribution >= 4 is 28.4 Å². The Morgan fingerprint density at radius 3 is 2.45 bits per heavy atom. The van der Waals surface area contributed by atoms with Crippen LogP contribution in [0.1, 0.15) is 0 Å². The van der Waals surface area contributed by atoms with Gasteiger partial charge in [-0.2, -0.15) is 0 Å². The number of phenolic OH excluding ortho intramolecular Hbond substituents is 2. The zero-order valence-electron chi connectivity index (χ0n) is 15.7. The third kappa shape index (κ3) is 4.64. The second-order valence-electron chi connectivity index (χ2n) is 5.95. The van der Waals surface area contributed by atoms with Crippen LogP contribution in [0.2, 0.25) is 5.02 Å². The van der Waals surface area contributed by atoms with Crippen LogP contribution in [-0.4, -0.2) is 29.4 Å². The van der Waals surface area contributed by atoms with Gasteiger partial charge in [-0.3, -0.25) is 0 Å². The number of nitrogens with two attached hydrogens (primary N) is 1. The second kappa shape index (κ2) is 8.62. The molecular formula is C21H19ClN2O5. The molecule has 0 aliphatic heterocycles. The minimum Gasteiger partial charge on any atom is -0.508 e. The molecular weight excluding hydrogens is 396 g/mol. The van der Waals surface area contributed by atoms with Crippen molar-refractivity contribution in [2.45, 2.75) is 0 Å². The summed E-state index contributed by atoms with van der Waals surface area (Å²) in [4.78, 5) is 4.28. The van der Waals surface area contributed by atoms with E-state index >= 15 is 0 Å². The van der Waals surface area contributed by atoms with E-state index in [1.807, 2.05) is 0 Å². The average molecular weight is 415 g/mol. The summed E-state index contributed by atoms with van der Waals surface area (Å²) in [7, 11) is 3.18. The van der Waals surface area contributed by atoms with Gasteiger partial charge in [0.15, 0.2) is 5.58 Å². The zero-order valence-corrected chi connectivity index (χ0v) is 16.5. The van der Waals surface area contributed by atoms with Crippen molar-refractivity contribution in [3.8, 4) is 34.5 Å². The maximum absolute atomic E-state index is 9.35. The molecule has 0 saturated carbocycles. The summed E-state index contributed by atoms with van der Waals surface area (Å²) in [5.74, 6) is 1.90. The van der Waals surface area contributed by atoms with Gasteiger partial charge in [0.2, 0.25) is 5.89 Å². The Hall–Kier alpha value is -3.58. The van der Waals surface area contributed by atoms with Gasteiger partial charge in [0.25, 0.3) is 0 Å². The summed E-state index contributed by atoms with van der Waals surface area (Å²) in [5.41, 5.74) is 7.99. The molecule has 4 rings (SSSR count). The predicted molar refractivity (Wildman–Crippen MR) is 112 cm³/mol. The second-order valence-corrected chi connectivity index (χ2v) is 6.35. The normalized spacial score (nSPS) is 10.3. The molecule has 3 aromatic carbocycles. The maximum atomic E-state index is 9.35. The fourth-order valence-corrected chi connectivity index (χ4v) is 2.68. The highest BCUT2D eigenvalue weighted by Crippen LogP contribution is 2.31. The number of ether oxygens (including phenoxy) is 2. The molecule has 0 unspecified atom stereocenters. The van der Waals surface area contributed by atoms with Gasteiger partial charge in [-0.15, -0.1) is 0 Å². The van der Waals surface area contributed by atoms with Crippen LogP contribution in [0.3, 0.4) is 0 Å². The molecule has 1 heterocycles. The first-order valence-corrected chi connectivity index (χ1v) is 8.85. The van der Waals surface area contributed by atoms with E-state index in [2.05, 4.69) is 4.98 Å². The standard InChI is InChI=1S/C13H8ClNO3.C8H11NO2/c14-9-5-7(1-4-11(9)17)13-15-10-3-2-8(16)6-12(10)18-13;1-10-6-3-4-7(9)8(5-6)11-2/h1-6,16-17H;3-5H,9H2,1-2H3. The summed E-state index contributed by atoms with van der Waals surface area (Å²) in [6, 6.07) is 14.7. The molecule has 29 heavy (non-hydrogen) atoms. The van der Waals surface area contributed by atoms with E-state index in [0.717, 1.165) is 5.75 Å². The number of hydrogen-bond donors (Lipinski definition) is 3. The molecule has 4 N–H and O–H groups in total. The molecule has 4 aromatic rings. The lowest BCUT2D eigenvalue weighted by Crippen LogP contribution is -1.92. The van der Waals surface area contributed by atoms with Gasteiger partial charge in [-0.25, -0.2) is 4.98 Å². The van der Waals surface area contributed by atoms with Crippen LogP contribution in [0, 0.1) is 0 Å². The fourth-order valence-electron chi connectivity index (χ4n) is 2.50. The molecule has 0 aliphatic rings. The minimum absolute atomic E-state index is 0.00849. The molecule has 0 radical (unpaired) electrons. The number of benzene rings is 3. The largest absolute Gasteiger partial charge is 0.508 e. The number of anilines is 1. The number of rotatable bonds is 3. The van der Waals surface area contributed by atoms with Crippen molar-refractivity contribution in [3.05, 3.63) is 59.6 Å². The van der Waals surface area contributed by atoms with Gasteiger partial charge in [-0.05, 0) is 42.5 Å². The quantitative estimate of drug-likeness (QED) is 0.411. The summed E-state index contributed by atoms with van der Waals surface area (Å²) in [6.45, 7) is 0. The van der Waals surface area contributed by atoms with Crippen LogP contribution in [0.5, 0.6) is 23.0 Å². The lowest BCUT2D eigenvalue weighted by Gasteiger charge is -2.05. The van der Waals surface area contributed by atoms with Crippen molar-refractivity contribution in [1.29, 1.82) is 0 Å². The zero-order chi connectivity index (χ0) is 21.0. The molecule has 7 nitrogen and oxygen atoms in total. The molecule has 0 atom stereocenters. The number of aromatic nitrogens is 1. The minimum atomic E-state index is 0.00849. The van der Waals surface area contributed by atoms with Gasteiger partial charge in [0.05, 0.1) is 24.9 Å². The summed E-state index contributed by atoms with van der Waals surface area (Å²) < 4.78 is 15.5. The van der Waals surface area contributed by atoms with Gasteiger partial charge >= 0.3 is 0 Å². The Morgan fingerprint density at radius 2 is 1.76 bits per heavy atom. The number of methoxy groups -OCH3 is 2. The number of oxazole rings is 1. The molecule has 8 heteroatoms. The van der Waals surface area contributed by atoms with Crippen molar-refractivity contribution in [1.82, 2.24) is 4.98 Å². The van der Waals surface area contributed by atoms with E-state index in [1.54, 1.807) is 56.7 Å². The maximum Gasteiger partial charge on any atom is 0.227 e. The average Bonchev–Trinajstić information content (AvgIpc) is 3.14. The lowest BCUT2D eigenvalue weighted by molar-refractivity contribution is 0.395. The number of aromatic hydroxyl groups is 2. The smallest absolute Gasteiger partial charge is 0.227 e. The SMILES string of the molecule is COc1ccc(N)c(OC)c1.Oc1ccc2nc(-c3ccc(O)c(Cl)c3)oc2c1.